The van der Waals surface area contributed by atoms with Gasteiger partial charge in [-0.1, -0.05) is 6.07 Å². The normalized spacial score (nSPS) is 11.9. The summed E-state index contributed by atoms with van der Waals surface area (Å²) in [4.78, 5) is 20.9. The van der Waals surface area contributed by atoms with Gasteiger partial charge in [0.1, 0.15) is 5.82 Å². The lowest BCUT2D eigenvalue weighted by Gasteiger charge is -2.11. The molecule has 2 aromatic heterocycles. The Morgan fingerprint density at radius 3 is 2.75 bits per heavy atom. The SMILES string of the molecule is O=C(NCCc1ccc2c(c1)OCO2)c1cccnc1NCc1ccncc1. The van der Waals surface area contributed by atoms with Crippen LogP contribution in [0.25, 0.3) is 0 Å². The topological polar surface area (TPSA) is 85.4 Å². The van der Waals surface area contributed by atoms with Crippen LogP contribution in [-0.4, -0.2) is 29.2 Å². The van der Waals surface area contributed by atoms with Crippen LogP contribution in [0.3, 0.4) is 0 Å². The first kappa shape index (κ1) is 17.8. The minimum atomic E-state index is -0.161. The summed E-state index contributed by atoms with van der Waals surface area (Å²) in [5.74, 6) is 1.90. The first-order chi connectivity index (χ1) is 13.8. The van der Waals surface area contributed by atoms with Gasteiger partial charge in [0, 0.05) is 31.7 Å². The number of carbonyl (C=O) groups is 1. The molecule has 0 fully saturated rings. The van der Waals surface area contributed by atoms with Gasteiger partial charge in [0.2, 0.25) is 6.79 Å². The highest BCUT2D eigenvalue weighted by molar-refractivity contribution is 5.98. The summed E-state index contributed by atoms with van der Waals surface area (Å²) < 4.78 is 10.7. The first-order valence-corrected chi connectivity index (χ1v) is 9.04. The van der Waals surface area contributed by atoms with Crippen LogP contribution >= 0.6 is 0 Å². The molecule has 1 aromatic carbocycles. The van der Waals surface area contributed by atoms with Crippen molar-refractivity contribution in [1.29, 1.82) is 0 Å². The molecule has 0 radical (unpaired) electrons. The van der Waals surface area contributed by atoms with Crippen LogP contribution in [0.5, 0.6) is 11.5 Å². The lowest BCUT2D eigenvalue weighted by molar-refractivity contribution is 0.0954. The van der Waals surface area contributed by atoms with Crippen LogP contribution < -0.4 is 20.1 Å². The Balaban J connectivity index is 1.34. The Hall–Kier alpha value is -3.61. The van der Waals surface area contributed by atoms with Gasteiger partial charge in [-0.25, -0.2) is 4.98 Å². The summed E-state index contributed by atoms with van der Waals surface area (Å²) in [5, 5.41) is 6.17. The van der Waals surface area contributed by atoms with E-state index in [1.54, 1.807) is 30.7 Å². The Labute approximate surface area is 162 Å². The quantitative estimate of drug-likeness (QED) is 0.660. The van der Waals surface area contributed by atoms with Crippen molar-refractivity contribution in [1.82, 2.24) is 15.3 Å². The van der Waals surface area contributed by atoms with Gasteiger partial charge in [0.05, 0.1) is 5.56 Å². The number of rotatable bonds is 7. The summed E-state index contributed by atoms with van der Waals surface area (Å²) in [5.41, 5.74) is 2.66. The summed E-state index contributed by atoms with van der Waals surface area (Å²) in [6.07, 6.45) is 5.83. The molecular formula is C21H20N4O3. The lowest BCUT2D eigenvalue weighted by Crippen LogP contribution is -2.26. The van der Waals surface area contributed by atoms with E-state index in [9.17, 15) is 4.79 Å². The summed E-state index contributed by atoms with van der Waals surface area (Å²) in [6, 6.07) is 13.2. The Morgan fingerprint density at radius 1 is 1.00 bits per heavy atom. The summed E-state index contributed by atoms with van der Waals surface area (Å²) in [6.45, 7) is 1.33. The van der Waals surface area contributed by atoms with Crippen molar-refractivity contribution in [2.45, 2.75) is 13.0 Å². The van der Waals surface area contributed by atoms with Crippen molar-refractivity contribution in [2.24, 2.45) is 0 Å². The van der Waals surface area contributed by atoms with E-state index in [4.69, 9.17) is 9.47 Å². The lowest BCUT2D eigenvalue weighted by atomic mass is 10.1. The molecule has 0 bridgehead atoms. The fourth-order valence-corrected chi connectivity index (χ4v) is 2.93. The third-order valence-corrected chi connectivity index (χ3v) is 4.40. The van der Waals surface area contributed by atoms with Crippen molar-refractivity contribution in [3.05, 3.63) is 77.7 Å². The average Bonchev–Trinajstić information content (AvgIpc) is 3.21. The predicted octanol–water partition coefficient (Wildman–Crippen LogP) is 2.79. The number of aromatic nitrogens is 2. The molecule has 28 heavy (non-hydrogen) atoms. The van der Waals surface area contributed by atoms with Crippen molar-refractivity contribution in [2.75, 3.05) is 18.7 Å². The molecule has 2 N–H and O–H groups in total. The minimum Gasteiger partial charge on any atom is -0.454 e. The molecule has 7 heteroatoms. The minimum absolute atomic E-state index is 0.161. The van der Waals surface area contributed by atoms with Crippen LogP contribution in [0.15, 0.2) is 61.1 Å². The van der Waals surface area contributed by atoms with Crippen LogP contribution in [0.4, 0.5) is 5.82 Å². The highest BCUT2D eigenvalue weighted by Gasteiger charge is 2.14. The van der Waals surface area contributed by atoms with Gasteiger partial charge < -0.3 is 20.1 Å². The highest BCUT2D eigenvalue weighted by Crippen LogP contribution is 2.32. The predicted molar refractivity (Wildman–Crippen MR) is 104 cm³/mol. The third kappa shape index (κ3) is 4.20. The van der Waals surface area contributed by atoms with Crippen molar-refractivity contribution in [3.8, 4) is 11.5 Å². The molecule has 4 rings (SSSR count). The maximum atomic E-state index is 12.6. The fraction of sp³-hybridized carbons (Fsp3) is 0.190. The van der Waals surface area contributed by atoms with E-state index < -0.39 is 0 Å². The van der Waals surface area contributed by atoms with Crippen LogP contribution in [0.1, 0.15) is 21.5 Å². The fourth-order valence-electron chi connectivity index (χ4n) is 2.93. The zero-order valence-corrected chi connectivity index (χ0v) is 15.2. The average molecular weight is 376 g/mol. The molecule has 0 saturated heterocycles. The molecule has 1 aliphatic rings. The maximum Gasteiger partial charge on any atom is 0.255 e. The highest BCUT2D eigenvalue weighted by atomic mass is 16.7. The first-order valence-electron chi connectivity index (χ1n) is 9.04. The molecule has 3 aromatic rings. The standard InChI is InChI=1S/C21H20N4O3/c26-21(24-11-7-15-3-4-18-19(12-15)28-14-27-18)17-2-1-8-23-20(17)25-13-16-5-9-22-10-6-16/h1-6,8-10,12H,7,11,13-14H2,(H,23,25)(H,24,26). The Bertz CT molecular complexity index is 963. The number of carbonyl (C=O) groups excluding carboxylic acids is 1. The molecule has 7 nitrogen and oxygen atoms in total. The number of hydrogen-bond donors (Lipinski definition) is 2. The van der Waals surface area contributed by atoms with E-state index in [1.165, 1.54) is 0 Å². The third-order valence-electron chi connectivity index (χ3n) is 4.40. The largest absolute Gasteiger partial charge is 0.454 e. The molecule has 1 aliphatic heterocycles. The molecule has 0 unspecified atom stereocenters. The van der Waals surface area contributed by atoms with Gasteiger partial charge in [-0.2, -0.15) is 0 Å². The molecule has 0 spiro atoms. The van der Waals surface area contributed by atoms with E-state index in [0.717, 1.165) is 22.6 Å². The number of fused-ring (bicyclic) bond motifs is 1. The number of anilines is 1. The van der Waals surface area contributed by atoms with Crippen LogP contribution in [0, 0.1) is 0 Å². The van der Waals surface area contributed by atoms with Crippen LogP contribution in [-0.2, 0) is 13.0 Å². The van der Waals surface area contributed by atoms with Gasteiger partial charge in [-0.3, -0.25) is 9.78 Å². The second-order valence-electron chi connectivity index (χ2n) is 6.30. The van der Waals surface area contributed by atoms with Crippen molar-refractivity contribution < 1.29 is 14.3 Å². The van der Waals surface area contributed by atoms with Crippen LogP contribution in [0.2, 0.25) is 0 Å². The smallest absolute Gasteiger partial charge is 0.255 e. The van der Waals surface area contributed by atoms with Gasteiger partial charge >= 0.3 is 0 Å². The second kappa shape index (κ2) is 8.39. The molecule has 0 atom stereocenters. The molecular weight excluding hydrogens is 356 g/mol. The number of amides is 1. The molecule has 0 saturated carbocycles. The van der Waals surface area contributed by atoms with Gasteiger partial charge in [-0.15, -0.1) is 0 Å². The van der Waals surface area contributed by atoms with Gasteiger partial charge in [0.25, 0.3) is 5.91 Å². The number of pyridine rings is 2. The monoisotopic (exact) mass is 376 g/mol. The number of ether oxygens (including phenoxy) is 2. The number of hydrogen-bond acceptors (Lipinski definition) is 6. The molecule has 0 aliphatic carbocycles. The summed E-state index contributed by atoms with van der Waals surface area (Å²) in [7, 11) is 0. The zero-order chi connectivity index (χ0) is 19.2. The molecule has 3 heterocycles. The van der Waals surface area contributed by atoms with Crippen molar-refractivity contribution in [3.63, 3.8) is 0 Å². The van der Waals surface area contributed by atoms with E-state index in [-0.39, 0.29) is 12.7 Å². The molecule has 142 valence electrons. The number of benzene rings is 1. The Kier molecular flexibility index (Phi) is 5.33. The van der Waals surface area contributed by atoms with E-state index >= 15 is 0 Å². The number of nitrogens with one attached hydrogen (secondary N) is 2. The maximum absolute atomic E-state index is 12.6. The van der Waals surface area contributed by atoms with E-state index in [1.807, 2.05) is 30.3 Å². The summed E-state index contributed by atoms with van der Waals surface area (Å²) >= 11 is 0. The molecule has 1 amide bonds. The number of nitrogens with zero attached hydrogens (tertiary/aromatic N) is 2. The van der Waals surface area contributed by atoms with Gasteiger partial charge in [-0.05, 0) is 53.9 Å². The van der Waals surface area contributed by atoms with E-state index in [2.05, 4.69) is 20.6 Å². The van der Waals surface area contributed by atoms with E-state index in [0.29, 0.717) is 30.9 Å². The zero-order valence-electron chi connectivity index (χ0n) is 15.2. The van der Waals surface area contributed by atoms with Gasteiger partial charge in [0.15, 0.2) is 11.5 Å². The van der Waals surface area contributed by atoms with Crippen molar-refractivity contribution >= 4 is 11.7 Å². The Morgan fingerprint density at radius 2 is 1.86 bits per heavy atom. The second-order valence-corrected chi connectivity index (χ2v) is 6.30.